The molecule has 0 radical (unpaired) electrons. The summed E-state index contributed by atoms with van der Waals surface area (Å²) in [6.45, 7) is 6.81. The molecule has 15 heavy (non-hydrogen) atoms. The third-order valence-corrected chi connectivity index (χ3v) is 3.04. The first-order chi connectivity index (χ1) is 7.18. The van der Waals surface area contributed by atoms with Crippen LogP contribution in [0.1, 0.15) is 52.9 Å². The van der Waals surface area contributed by atoms with Crippen LogP contribution in [0, 0.1) is 5.92 Å². The molecule has 0 saturated heterocycles. The SMILES string of the molecule is CC1=CCCC(C)=CCC(C)C=CCC1. The lowest BCUT2D eigenvalue weighted by atomic mass is 10.0. The maximum Gasteiger partial charge on any atom is -0.0227 e. The molecule has 0 nitrogen and oxygen atoms in total. The average molecular weight is 204 g/mol. The van der Waals surface area contributed by atoms with Crippen molar-refractivity contribution in [3.05, 3.63) is 35.5 Å². The Morgan fingerprint density at radius 3 is 2.47 bits per heavy atom. The van der Waals surface area contributed by atoms with Crippen LogP contribution in [0.5, 0.6) is 0 Å². The van der Waals surface area contributed by atoms with E-state index < -0.39 is 0 Å². The normalized spacial score (nSPS) is 24.9. The summed E-state index contributed by atoms with van der Waals surface area (Å²) in [5.41, 5.74) is 3.08. The molecule has 84 valence electrons. The van der Waals surface area contributed by atoms with E-state index in [0.29, 0.717) is 5.92 Å². The molecule has 0 aliphatic heterocycles. The van der Waals surface area contributed by atoms with Gasteiger partial charge in [-0.2, -0.15) is 0 Å². The predicted molar refractivity (Wildman–Crippen MR) is 68.9 cm³/mol. The van der Waals surface area contributed by atoms with E-state index in [9.17, 15) is 0 Å². The minimum atomic E-state index is 0.698. The van der Waals surface area contributed by atoms with Crippen molar-refractivity contribution in [2.45, 2.75) is 52.9 Å². The van der Waals surface area contributed by atoms with Gasteiger partial charge in [0, 0.05) is 0 Å². The first-order valence-corrected chi connectivity index (χ1v) is 6.16. The molecule has 1 rings (SSSR count). The summed E-state index contributed by atoms with van der Waals surface area (Å²) in [7, 11) is 0. The third kappa shape index (κ3) is 5.61. The van der Waals surface area contributed by atoms with Crippen molar-refractivity contribution in [1.82, 2.24) is 0 Å². The van der Waals surface area contributed by atoms with Crippen LogP contribution in [0.2, 0.25) is 0 Å². The lowest BCUT2D eigenvalue weighted by Crippen LogP contribution is -1.89. The second-order valence-electron chi connectivity index (χ2n) is 4.82. The van der Waals surface area contributed by atoms with Crippen LogP contribution in [0.15, 0.2) is 35.5 Å². The van der Waals surface area contributed by atoms with Crippen molar-refractivity contribution in [1.29, 1.82) is 0 Å². The average Bonchev–Trinajstić information content (AvgIpc) is 2.20. The maximum atomic E-state index is 2.40. The van der Waals surface area contributed by atoms with Gasteiger partial charge in [0.2, 0.25) is 0 Å². The lowest BCUT2D eigenvalue weighted by molar-refractivity contribution is 0.729. The first kappa shape index (κ1) is 12.3. The summed E-state index contributed by atoms with van der Waals surface area (Å²) in [5, 5.41) is 0. The number of allylic oxidation sites excluding steroid dienone is 6. The Hall–Kier alpha value is -0.780. The second-order valence-corrected chi connectivity index (χ2v) is 4.82. The molecule has 0 aromatic heterocycles. The van der Waals surface area contributed by atoms with Crippen molar-refractivity contribution in [3.63, 3.8) is 0 Å². The van der Waals surface area contributed by atoms with Gasteiger partial charge in [0.15, 0.2) is 0 Å². The Balaban J connectivity index is 2.62. The largest absolute Gasteiger partial charge is 0.0879 e. The fourth-order valence-corrected chi connectivity index (χ4v) is 1.86. The molecule has 1 atom stereocenters. The first-order valence-electron chi connectivity index (χ1n) is 6.16. The van der Waals surface area contributed by atoms with Gasteiger partial charge in [-0.25, -0.2) is 0 Å². The molecular weight excluding hydrogens is 180 g/mol. The van der Waals surface area contributed by atoms with E-state index in [-0.39, 0.29) is 0 Å². The zero-order chi connectivity index (χ0) is 11.1. The van der Waals surface area contributed by atoms with Gasteiger partial charge in [-0.05, 0) is 51.9 Å². The van der Waals surface area contributed by atoms with Crippen LogP contribution < -0.4 is 0 Å². The Labute approximate surface area is 94.8 Å². The van der Waals surface area contributed by atoms with Gasteiger partial charge < -0.3 is 0 Å². The van der Waals surface area contributed by atoms with Crippen molar-refractivity contribution in [2.75, 3.05) is 0 Å². The topological polar surface area (TPSA) is 0 Å². The molecule has 0 amide bonds. The van der Waals surface area contributed by atoms with Crippen molar-refractivity contribution in [3.8, 4) is 0 Å². The minimum Gasteiger partial charge on any atom is -0.0879 e. The second kappa shape index (κ2) is 6.66. The molecule has 0 bridgehead atoms. The number of hydrogen-bond donors (Lipinski definition) is 0. The summed E-state index contributed by atoms with van der Waals surface area (Å²) in [5.74, 6) is 0.698. The smallest absolute Gasteiger partial charge is 0.0227 e. The Kier molecular flexibility index (Phi) is 5.45. The van der Waals surface area contributed by atoms with Gasteiger partial charge in [-0.1, -0.05) is 42.4 Å². The van der Waals surface area contributed by atoms with Crippen LogP contribution in [0.25, 0.3) is 0 Å². The van der Waals surface area contributed by atoms with E-state index in [0.717, 1.165) is 0 Å². The zero-order valence-electron chi connectivity index (χ0n) is 10.4. The molecule has 0 heterocycles. The molecule has 0 heteroatoms. The van der Waals surface area contributed by atoms with E-state index in [1.165, 1.54) is 32.1 Å². The lowest BCUT2D eigenvalue weighted by Gasteiger charge is -2.06. The van der Waals surface area contributed by atoms with Gasteiger partial charge in [0.05, 0.1) is 0 Å². The van der Waals surface area contributed by atoms with Crippen LogP contribution in [-0.4, -0.2) is 0 Å². The van der Waals surface area contributed by atoms with E-state index in [1.54, 1.807) is 11.1 Å². The molecule has 0 aromatic carbocycles. The molecule has 1 unspecified atom stereocenters. The molecule has 0 N–H and O–H groups in total. The van der Waals surface area contributed by atoms with Gasteiger partial charge in [0.1, 0.15) is 0 Å². The highest BCUT2D eigenvalue weighted by Gasteiger charge is 1.97. The monoisotopic (exact) mass is 204 g/mol. The summed E-state index contributed by atoms with van der Waals surface area (Å²) < 4.78 is 0. The van der Waals surface area contributed by atoms with Crippen molar-refractivity contribution < 1.29 is 0 Å². The number of hydrogen-bond acceptors (Lipinski definition) is 0. The molecule has 0 fully saturated rings. The maximum absolute atomic E-state index is 2.40. The zero-order valence-corrected chi connectivity index (χ0v) is 10.4. The van der Waals surface area contributed by atoms with E-state index in [2.05, 4.69) is 45.1 Å². The molecule has 1 aliphatic carbocycles. The molecule has 1 aliphatic rings. The minimum absolute atomic E-state index is 0.698. The van der Waals surface area contributed by atoms with Crippen LogP contribution >= 0.6 is 0 Å². The van der Waals surface area contributed by atoms with Crippen LogP contribution in [-0.2, 0) is 0 Å². The third-order valence-electron chi connectivity index (χ3n) is 3.04. The molecular formula is C15H24. The summed E-state index contributed by atoms with van der Waals surface area (Å²) >= 11 is 0. The Morgan fingerprint density at radius 2 is 1.67 bits per heavy atom. The van der Waals surface area contributed by atoms with Crippen LogP contribution in [0.4, 0.5) is 0 Å². The fraction of sp³-hybridized carbons (Fsp3) is 0.600. The Bertz CT molecular complexity index is 266. The predicted octanol–water partition coefficient (Wildman–Crippen LogP) is 5.04. The molecule has 0 spiro atoms. The highest BCUT2D eigenvalue weighted by atomic mass is 14.0. The van der Waals surface area contributed by atoms with Crippen LogP contribution in [0.3, 0.4) is 0 Å². The van der Waals surface area contributed by atoms with Crippen molar-refractivity contribution in [2.24, 2.45) is 5.92 Å². The van der Waals surface area contributed by atoms with E-state index in [4.69, 9.17) is 0 Å². The summed E-state index contributed by atoms with van der Waals surface area (Å²) in [6, 6.07) is 0. The highest BCUT2D eigenvalue weighted by Crippen LogP contribution is 2.15. The Morgan fingerprint density at radius 1 is 1.00 bits per heavy atom. The van der Waals surface area contributed by atoms with E-state index in [1.807, 2.05) is 0 Å². The van der Waals surface area contributed by atoms with Gasteiger partial charge in [-0.15, -0.1) is 0 Å². The molecule has 0 saturated carbocycles. The fourth-order valence-electron chi connectivity index (χ4n) is 1.86. The van der Waals surface area contributed by atoms with Gasteiger partial charge >= 0.3 is 0 Å². The van der Waals surface area contributed by atoms with Gasteiger partial charge in [-0.3, -0.25) is 0 Å². The van der Waals surface area contributed by atoms with Crippen molar-refractivity contribution >= 4 is 0 Å². The molecule has 0 aromatic rings. The number of rotatable bonds is 0. The summed E-state index contributed by atoms with van der Waals surface area (Å²) in [6.07, 6.45) is 15.6. The van der Waals surface area contributed by atoms with Gasteiger partial charge in [0.25, 0.3) is 0 Å². The standard InChI is InChI=1S/C15H24/c1-13-7-4-5-8-14(2)11-12-15(3)10-6-9-13/h5,8-9,12,14H,4,6-7,10-11H2,1-3H3. The highest BCUT2D eigenvalue weighted by molar-refractivity contribution is 5.06. The summed E-state index contributed by atoms with van der Waals surface area (Å²) in [4.78, 5) is 0. The quantitative estimate of drug-likeness (QED) is 0.485. The van der Waals surface area contributed by atoms with E-state index >= 15 is 0 Å².